The number of ether oxygens (including phenoxy) is 2. The number of carbonyl (C=O) groups excluding carboxylic acids is 1. The zero-order valence-electron chi connectivity index (χ0n) is 22.6. The zero-order chi connectivity index (χ0) is 27.4. The number of rotatable bonds is 9. The summed E-state index contributed by atoms with van der Waals surface area (Å²) in [6, 6.07) is 32.4. The van der Waals surface area contributed by atoms with Crippen molar-refractivity contribution in [2.45, 2.75) is 62.0 Å². The third-order valence-electron chi connectivity index (χ3n) is 8.28. The molecule has 0 saturated heterocycles. The SMILES string of the molecule is O=C1OC(CCc2ccc(OCc3ccccc3)cc2)(C2CCCC2)CC(O)=C1Sc1cccc2ccccc12. The van der Waals surface area contributed by atoms with Gasteiger partial charge in [0, 0.05) is 11.3 Å². The van der Waals surface area contributed by atoms with Gasteiger partial charge in [-0.25, -0.2) is 4.79 Å². The number of aliphatic hydroxyl groups excluding tert-OH is 1. The monoisotopic (exact) mass is 550 g/mol. The van der Waals surface area contributed by atoms with Crippen molar-refractivity contribution in [2.75, 3.05) is 0 Å². The maximum atomic E-state index is 13.5. The molecule has 1 saturated carbocycles. The molecule has 1 aliphatic heterocycles. The Morgan fingerprint density at radius 3 is 2.35 bits per heavy atom. The minimum atomic E-state index is -0.678. The Bertz CT molecular complexity index is 1500. The highest BCUT2D eigenvalue weighted by Gasteiger charge is 2.48. The summed E-state index contributed by atoms with van der Waals surface area (Å²) in [6.07, 6.45) is 6.15. The van der Waals surface area contributed by atoms with Crippen molar-refractivity contribution in [3.8, 4) is 5.75 Å². The summed E-state index contributed by atoms with van der Waals surface area (Å²) >= 11 is 1.31. The molecule has 1 heterocycles. The molecule has 1 fully saturated rings. The summed E-state index contributed by atoms with van der Waals surface area (Å²) in [5.74, 6) is 0.845. The lowest BCUT2D eigenvalue weighted by Crippen LogP contribution is -2.45. The molecular weight excluding hydrogens is 516 g/mol. The first-order chi connectivity index (χ1) is 19.6. The van der Waals surface area contributed by atoms with Crippen LogP contribution in [0, 0.1) is 5.92 Å². The number of hydrogen-bond acceptors (Lipinski definition) is 5. The number of fused-ring (bicyclic) bond motifs is 1. The molecule has 5 heteroatoms. The minimum absolute atomic E-state index is 0.158. The predicted molar refractivity (Wildman–Crippen MR) is 160 cm³/mol. The highest BCUT2D eigenvalue weighted by molar-refractivity contribution is 8.04. The van der Waals surface area contributed by atoms with Crippen LogP contribution in [0.3, 0.4) is 0 Å². The van der Waals surface area contributed by atoms with E-state index in [1.165, 1.54) is 17.3 Å². The van der Waals surface area contributed by atoms with E-state index in [9.17, 15) is 9.90 Å². The Balaban J connectivity index is 1.17. The highest BCUT2D eigenvalue weighted by Crippen LogP contribution is 2.48. The standard InChI is InChI=1S/C35H34O4S/c36-31-23-35(28-13-5-6-14-28,22-21-25-17-19-29(20-18-25)38-24-26-9-2-1-3-10-26)39-34(37)33(31)40-32-16-8-12-27-11-4-7-15-30(27)32/h1-4,7-12,15-20,28,36H,5-6,13-14,21-24H2. The number of aryl methyl sites for hydroxylation is 1. The molecular formula is C35H34O4S. The Labute approximate surface area is 240 Å². The Morgan fingerprint density at radius 1 is 0.850 bits per heavy atom. The summed E-state index contributed by atoms with van der Waals surface area (Å²) in [4.78, 5) is 14.7. The Morgan fingerprint density at radius 2 is 1.57 bits per heavy atom. The molecule has 0 amide bonds. The normalized spacial score (nSPS) is 19.6. The number of cyclic esters (lactones) is 1. The van der Waals surface area contributed by atoms with Crippen LogP contribution in [0.4, 0.5) is 0 Å². The molecule has 0 bridgehead atoms. The number of aliphatic hydroxyl groups is 1. The van der Waals surface area contributed by atoms with Crippen molar-refractivity contribution >= 4 is 28.5 Å². The average molecular weight is 551 g/mol. The van der Waals surface area contributed by atoms with Crippen LogP contribution in [0.2, 0.25) is 0 Å². The second-order valence-electron chi connectivity index (χ2n) is 10.9. The molecule has 0 aromatic heterocycles. The number of esters is 1. The van der Waals surface area contributed by atoms with Crippen LogP contribution in [-0.4, -0.2) is 16.7 Å². The van der Waals surface area contributed by atoms with E-state index in [0.717, 1.165) is 59.1 Å². The van der Waals surface area contributed by atoms with Crippen molar-refractivity contribution < 1.29 is 19.4 Å². The van der Waals surface area contributed by atoms with Gasteiger partial charge >= 0.3 is 5.97 Å². The molecule has 2 aliphatic rings. The first-order valence-electron chi connectivity index (χ1n) is 14.2. The van der Waals surface area contributed by atoms with E-state index in [2.05, 4.69) is 36.4 Å². The first kappa shape index (κ1) is 26.5. The average Bonchev–Trinajstić information content (AvgIpc) is 3.54. The van der Waals surface area contributed by atoms with Crippen LogP contribution in [0.1, 0.15) is 49.7 Å². The fourth-order valence-electron chi connectivity index (χ4n) is 6.12. The zero-order valence-corrected chi connectivity index (χ0v) is 23.4. The molecule has 204 valence electrons. The van der Waals surface area contributed by atoms with Crippen LogP contribution < -0.4 is 4.74 Å². The van der Waals surface area contributed by atoms with Gasteiger partial charge in [-0.1, -0.05) is 103 Å². The smallest absolute Gasteiger partial charge is 0.349 e. The van der Waals surface area contributed by atoms with Gasteiger partial charge in [-0.05, 0) is 71.7 Å². The molecule has 1 atom stereocenters. The van der Waals surface area contributed by atoms with Crippen molar-refractivity contribution in [2.24, 2.45) is 5.92 Å². The molecule has 0 radical (unpaired) electrons. The van der Waals surface area contributed by atoms with E-state index < -0.39 is 11.6 Å². The van der Waals surface area contributed by atoms with Crippen LogP contribution in [0.25, 0.3) is 10.8 Å². The van der Waals surface area contributed by atoms with Gasteiger partial charge in [-0.15, -0.1) is 0 Å². The minimum Gasteiger partial charge on any atom is -0.511 e. The summed E-state index contributed by atoms with van der Waals surface area (Å²) in [7, 11) is 0. The van der Waals surface area contributed by atoms with Crippen LogP contribution in [0.15, 0.2) is 113 Å². The van der Waals surface area contributed by atoms with E-state index in [1.807, 2.05) is 60.7 Å². The number of benzene rings is 4. The maximum absolute atomic E-state index is 13.5. The first-order valence-corrected chi connectivity index (χ1v) is 15.0. The Hall–Kier alpha value is -3.70. The number of carbonyl (C=O) groups is 1. The van der Waals surface area contributed by atoms with Crippen molar-refractivity contribution in [1.82, 2.24) is 0 Å². The fourth-order valence-corrected chi connectivity index (χ4v) is 7.09. The highest BCUT2D eigenvalue weighted by atomic mass is 32.2. The molecule has 6 rings (SSSR count). The van der Waals surface area contributed by atoms with Gasteiger partial charge in [-0.3, -0.25) is 0 Å². The summed E-state index contributed by atoms with van der Waals surface area (Å²) in [6.45, 7) is 0.533. The summed E-state index contributed by atoms with van der Waals surface area (Å²) < 4.78 is 12.3. The van der Waals surface area contributed by atoms with Crippen LogP contribution in [-0.2, 0) is 22.6 Å². The van der Waals surface area contributed by atoms with Gasteiger partial charge in [0.25, 0.3) is 0 Å². The lowest BCUT2D eigenvalue weighted by atomic mass is 9.77. The third-order valence-corrected chi connectivity index (χ3v) is 9.46. The molecule has 4 aromatic carbocycles. The predicted octanol–water partition coefficient (Wildman–Crippen LogP) is 8.79. The second kappa shape index (κ2) is 11.8. The van der Waals surface area contributed by atoms with E-state index in [4.69, 9.17) is 9.47 Å². The number of thioether (sulfide) groups is 1. The maximum Gasteiger partial charge on any atom is 0.349 e. The van der Waals surface area contributed by atoms with Gasteiger partial charge in [0.1, 0.15) is 28.6 Å². The third kappa shape index (κ3) is 5.75. The topological polar surface area (TPSA) is 55.8 Å². The number of hydrogen-bond donors (Lipinski definition) is 1. The van der Waals surface area contributed by atoms with Crippen LogP contribution >= 0.6 is 11.8 Å². The molecule has 0 spiro atoms. The van der Waals surface area contributed by atoms with E-state index in [0.29, 0.717) is 24.4 Å². The Kier molecular flexibility index (Phi) is 7.83. The summed E-state index contributed by atoms with van der Waals surface area (Å²) in [5.41, 5.74) is 1.62. The van der Waals surface area contributed by atoms with E-state index >= 15 is 0 Å². The van der Waals surface area contributed by atoms with Crippen molar-refractivity contribution in [1.29, 1.82) is 0 Å². The van der Waals surface area contributed by atoms with Crippen LogP contribution in [0.5, 0.6) is 5.75 Å². The van der Waals surface area contributed by atoms with Gasteiger partial charge in [0.15, 0.2) is 0 Å². The fraction of sp³-hybridized carbons (Fsp3) is 0.286. The molecule has 4 aromatic rings. The van der Waals surface area contributed by atoms with Gasteiger partial charge in [0.05, 0.1) is 0 Å². The molecule has 1 unspecified atom stereocenters. The molecule has 40 heavy (non-hydrogen) atoms. The van der Waals surface area contributed by atoms with Gasteiger partial charge < -0.3 is 14.6 Å². The lowest BCUT2D eigenvalue weighted by Gasteiger charge is -2.41. The second-order valence-corrected chi connectivity index (χ2v) is 11.9. The van der Waals surface area contributed by atoms with E-state index in [1.54, 1.807) is 0 Å². The van der Waals surface area contributed by atoms with Gasteiger partial charge in [0.2, 0.25) is 0 Å². The van der Waals surface area contributed by atoms with Crippen molar-refractivity contribution in [3.63, 3.8) is 0 Å². The quantitative estimate of drug-likeness (QED) is 0.211. The van der Waals surface area contributed by atoms with Gasteiger partial charge in [-0.2, -0.15) is 0 Å². The summed E-state index contributed by atoms with van der Waals surface area (Å²) in [5, 5.41) is 13.5. The lowest BCUT2D eigenvalue weighted by molar-refractivity contribution is -0.166. The molecule has 1 N–H and O–H groups in total. The van der Waals surface area contributed by atoms with Crippen molar-refractivity contribution in [3.05, 3.63) is 119 Å². The largest absolute Gasteiger partial charge is 0.511 e. The molecule has 4 nitrogen and oxygen atoms in total. The molecule has 1 aliphatic carbocycles. The van der Waals surface area contributed by atoms with E-state index in [-0.39, 0.29) is 11.7 Å².